The van der Waals surface area contributed by atoms with Gasteiger partial charge >= 0.3 is 0 Å². The van der Waals surface area contributed by atoms with E-state index >= 15 is 0 Å². The third-order valence-electron chi connectivity index (χ3n) is 2.27. The van der Waals surface area contributed by atoms with E-state index in [-0.39, 0.29) is 12.2 Å². The maximum Gasteiger partial charge on any atom is 0.109 e. The van der Waals surface area contributed by atoms with E-state index in [2.05, 4.69) is 0 Å². The summed E-state index contributed by atoms with van der Waals surface area (Å²) in [4.78, 5) is 0. The Morgan fingerprint density at radius 1 is 1.00 bits per heavy atom. The molecule has 0 bridgehead atoms. The molecule has 0 spiro atoms. The van der Waals surface area contributed by atoms with Crippen LogP contribution in [0.5, 0.6) is 0 Å². The second kappa shape index (κ2) is 3.52. The molecule has 4 atom stereocenters. The molecular weight excluding hydrogens is 144 g/mol. The van der Waals surface area contributed by atoms with Crippen molar-refractivity contribution in [1.82, 2.24) is 0 Å². The van der Waals surface area contributed by atoms with E-state index in [0.29, 0.717) is 0 Å². The van der Waals surface area contributed by atoms with Gasteiger partial charge in [0.15, 0.2) is 0 Å². The van der Waals surface area contributed by atoms with Crippen LogP contribution < -0.4 is 0 Å². The van der Waals surface area contributed by atoms with E-state index < -0.39 is 12.2 Å². The van der Waals surface area contributed by atoms with Crippen LogP contribution in [0.1, 0.15) is 26.7 Å². The summed E-state index contributed by atoms with van der Waals surface area (Å²) >= 11 is 0. The minimum atomic E-state index is -0.690. The van der Waals surface area contributed by atoms with Gasteiger partial charge in [0.25, 0.3) is 0 Å². The summed E-state index contributed by atoms with van der Waals surface area (Å²) in [5, 5.41) is 18.8. The number of rotatable bonds is 2. The highest BCUT2D eigenvalue weighted by atomic mass is 16.5. The van der Waals surface area contributed by atoms with Crippen molar-refractivity contribution in [3.8, 4) is 0 Å². The summed E-state index contributed by atoms with van der Waals surface area (Å²) in [6, 6.07) is 0. The Balaban J connectivity index is 2.53. The van der Waals surface area contributed by atoms with Crippen LogP contribution in [0, 0.1) is 0 Å². The lowest BCUT2D eigenvalue weighted by Gasteiger charge is -2.11. The average molecular weight is 160 g/mol. The normalized spacial score (nSPS) is 44.7. The third kappa shape index (κ3) is 1.55. The standard InChI is InChI=1S/C8H16O3/c1-3-5-7(9)8(10)6(4-2)11-5/h5-10H,3-4H2,1-2H3/t5-,6+,7-,8+. The summed E-state index contributed by atoms with van der Waals surface area (Å²) in [7, 11) is 0. The zero-order valence-electron chi connectivity index (χ0n) is 7.03. The second-order valence-electron chi connectivity index (χ2n) is 3.01. The fraction of sp³-hybridized carbons (Fsp3) is 1.00. The Labute approximate surface area is 67.0 Å². The summed E-state index contributed by atoms with van der Waals surface area (Å²) in [5.41, 5.74) is 0. The molecule has 0 unspecified atom stereocenters. The van der Waals surface area contributed by atoms with Crippen LogP contribution in [0.25, 0.3) is 0 Å². The van der Waals surface area contributed by atoms with Gasteiger partial charge in [-0.1, -0.05) is 13.8 Å². The van der Waals surface area contributed by atoms with Crippen molar-refractivity contribution in [3.05, 3.63) is 0 Å². The molecule has 1 saturated heterocycles. The average Bonchev–Trinajstić information content (AvgIpc) is 2.30. The summed E-state index contributed by atoms with van der Waals surface area (Å²) < 4.78 is 5.38. The highest BCUT2D eigenvalue weighted by molar-refractivity contribution is 4.88. The molecule has 0 aromatic heterocycles. The lowest BCUT2D eigenvalue weighted by Crippen LogP contribution is -2.31. The van der Waals surface area contributed by atoms with Crippen molar-refractivity contribution < 1.29 is 14.9 Å². The van der Waals surface area contributed by atoms with E-state index in [4.69, 9.17) is 4.74 Å². The first kappa shape index (κ1) is 8.97. The molecule has 11 heavy (non-hydrogen) atoms. The van der Waals surface area contributed by atoms with Gasteiger partial charge in [0.05, 0.1) is 12.2 Å². The maximum atomic E-state index is 9.38. The topological polar surface area (TPSA) is 49.7 Å². The SMILES string of the molecule is CC[C@@H]1O[C@H](CC)[C@@H](O)[C@H]1O. The molecule has 1 rings (SSSR count). The fourth-order valence-electron chi connectivity index (χ4n) is 1.50. The molecule has 2 N–H and O–H groups in total. The highest BCUT2D eigenvalue weighted by Crippen LogP contribution is 2.24. The van der Waals surface area contributed by atoms with Crippen molar-refractivity contribution in [2.45, 2.75) is 51.1 Å². The van der Waals surface area contributed by atoms with Crippen molar-refractivity contribution in [1.29, 1.82) is 0 Å². The van der Waals surface area contributed by atoms with Crippen LogP contribution in [0.3, 0.4) is 0 Å². The molecule has 0 aliphatic carbocycles. The first-order valence-electron chi connectivity index (χ1n) is 4.22. The second-order valence-corrected chi connectivity index (χ2v) is 3.01. The van der Waals surface area contributed by atoms with E-state index in [1.165, 1.54) is 0 Å². The predicted molar refractivity (Wildman–Crippen MR) is 41.3 cm³/mol. The number of hydrogen-bond donors (Lipinski definition) is 2. The van der Waals surface area contributed by atoms with Crippen LogP contribution >= 0.6 is 0 Å². The zero-order chi connectivity index (χ0) is 8.43. The first-order valence-corrected chi connectivity index (χ1v) is 4.22. The Morgan fingerprint density at radius 2 is 1.36 bits per heavy atom. The molecule has 0 aromatic carbocycles. The van der Waals surface area contributed by atoms with Crippen LogP contribution in [0.4, 0.5) is 0 Å². The van der Waals surface area contributed by atoms with E-state index in [1.807, 2.05) is 13.8 Å². The molecule has 0 aromatic rings. The lowest BCUT2D eigenvalue weighted by molar-refractivity contribution is 0.00521. The van der Waals surface area contributed by atoms with Crippen molar-refractivity contribution in [2.24, 2.45) is 0 Å². The molecule has 1 heterocycles. The van der Waals surface area contributed by atoms with Gasteiger partial charge in [0.2, 0.25) is 0 Å². The molecule has 66 valence electrons. The Bertz CT molecular complexity index is 109. The molecule has 1 aliphatic rings. The largest absolute Gasteiger partial charge is 0.388 e. The van der Waals surface area contributed by atoms with Gasteiger partial charge in [-0.25, -0.2) is 0 Å². The van der Waals surface area contributed by atoms with Gasteiger partial charge in [0, 0.05) is 0 Å². The van der Waals surface area contributed by atoms with Crippen LogP contribution in [-0.2, 0) is 4.74 Å². The number of aliphatic hydroxyl groups excluding tert-OH is 2. The molecule has 1 aliphatic heterocycles. The minimum absolute atomic E-state index is 0.171. The zero-order valence-corrected chi connectivity index (χ0v) is 7.03. The van der Waals surface area contributed by atoms with Crippen LogP contribution in [-0.4, -0.2) is 34.6 Å². The first-order chi connectivity index (χ1) is 5.20. The van der Waals surface area contributed by atoms with Gasteiger partial charge in [-0.15, -0.1) is 0 Å². The van der Waals surface area contributed by atoms with E-state index in [0.717, 1.165) is 12.8 Å². The molecule has 0 saturated carbocycles. The molecule has 0 amide bonds. The van der Waals surface area contributed by atoms with Crippen LogP contribution in [0.2, 0.25) is 0 Å². The number of aliphatic hydroxyl groups is 2. The molecule has 0 radical (unpaired) electrons. The molecule has 3 nitrogen and oxygen atoms in total. The fourth-order valence-corrected chi connectivity index (χ4v) is 1.50. The van der Waals surface area contributed by atoms with Gasteiger partial charge in [0.1, 0.15) is 12.2 Å². The van der Waals surface area contributed by atoms with Crippen molar-refractivity contribution in [2.75, 3.05) is 0 Å². The van der Waals surface area contributed by atoms with Gasteiger partial charge in [-0.2, -0.15) is 0 Å². The maximum absolute atomic E-state index is 9.38. The van der Waals surface area contributed by atoms with Gasteiger partial charge in [-0.3, -0.25) is 0 Å². The number of hydrogen-bond acceptors (Lipinski definition) is 3. The van der Waals surface area contributed by atoms with Gasteiger partial charge in [-0.05, 0) is 12.8 Å². The van der Waals surface area contributed by atoms with E-state index in [9.17, 15) is 10.2 Å². The number of ether oxygens (including phenoxy) is 1. The Morgan fingerprint density at radius 3 is 1.55 bits per heavy atom. The monoisotopic (exact) mass is 160 g/mol. The lowest BCUT2D eigenvalue weighted by atomic mass is 10.1. The van der Waals surface area contributed by atoms with Crippen molar-refractivity contribution >= 4 is 0 Å². The molecule has 3 heteroatoms. The Hall–Kier alpha value is -0.120. The smallest absolute Gasteiger partial charge is 0.109 e. The van der Waals surface area contributed by atoms with Crippen molar-refractivity contribution in [3.63, 3.8) is 0 Å². The molecule has 1 fully saturated rings. The van der Waals surface area contributed by atoms with Gasteiger partial charge < -0.3 is 14.9 Å². The quantitative estimate of drug-likeness (QED) is 0.610. The summed E-state index contributed by atoms with van der Waals surface area (Å²) in [6.07, 6.45) is -0.205. The van der Waals surface area contributed by atoms with E-state index in [1.54, 1.807) is 0 Å². The Kier molecular flexibility index (Phi) is 2.87. The third-order valence-corrected chi connectivity index (χ3v) is 2.27. The summed E-state index contributed by atoms with van der Waals surface area (Å²) in [6.45, 7) is 3.89. The molecular formula is C8H16O3. The highest BCUT2D eigenvalue weighted by Gasteiger charge is 2.40. The summed E-state index contributed by atoms with van der Waals surface area (Å²) in [5.74, 6) is 0. The predicted octanol–water partition coefficient (Wildman–Crippen LogP) is 0.296. The minimum Gasteiger partial charge on any atom is -0.388 e. The van der Waals surface area contributed by atoms with Crippen LogP contribution in [0.15, 0.2) is 0 Å².